The van der Waals surface area contributed by atoms with Crippen molar-refractivity contribution in [2.45, 2.75) is 25.2 Å². The van der Waals surface area contributed by atoms with Crippen molar-refractivity contribution in [1.82, 2.24) is 0 Å². The van der Waals surface area contributed by atoms with Crippen LogP contribution in [0.1, 0.15) is 5.56 Å². The molecule has 0 saturated carbocycles. The van der Waals surface area contributed by atoms with Crippen molar-refractivity contribution < 1.29 is 35.8 Å². The molecular weight excluding hydrogens is 292 g/mol. The van der Waals surface area contributed by atoms with Crippen molar-refractivity contribution in [1.29, 1.82) is 5.26 Å². The molecule has 0 aliphatic carbocycles. The molecule has 110 valence electrons. The van der Waals surface area contributed by atoms with Crippen LogP contribution in [0.15, 0.2) is 24.3 Å². The first-order valence-corrected chi connectivity index (χ1v) is 5.05. The number of hydrogen-bond acceptors (Lipinski definition) is 3. The highest BCUT2D eigenvalue weighted by atomic mass is 19.4. The molecule has 0 unspecified atom stereocenters. The Morgan fingerprint density at radius 2 is 1.65 bits per heavy atom. The Kier molecular flexibility index (Phi) is 4.83. The second-order valence-electron chi connectivity index (χ2n) is 3.52. The first-order valence-electron chi connectivity index (χ1n) is 5.05. The van der Waals surface area contributed by atoms with Crippen LogP contribution in [0, 0.1) is 11.3 Å². The summed E-state index contributed by atoms with van der Waals surface area (Å²) in [4.78, 5) is 0. The third-order valence-electron chi connectivity index (χ3n) is 1.96. The van der Waals surface area contributed by atoms with E-state index in [0.717, 1.165) is 12.1 Å². The van der Waals surface area contributed by atoms with Gasteiger partial charge in [0.2, 0.25) is 0 Å². The highest BCUT2D eigenvalue weighted by Gasteiger charge is 2.50. The summed E-state index contributed by atoms with van der Waals surface area (Å²) < 4.78 is 80.0. The number of ether oxygens (including phenoxy) is 2. The van der Waals surface area contributed by atoms with Gasteiger partial charge in [-0.15, -0.1) is 13.2 Å². The molecule has 1 aromatic rings. The van der Waals surface area contributed by atoms with Gasteiger partial charge in [0.15, 0.2) is 0 Å². The molecule has 0 amide bonds. The van der Waals surface area contributed by atoms with E-state index in [4.69, 9.17) is 5.26 Å². The van der Waals surface area contributed by atoms with Gasteiger partial charge in [-0.05, 0) is 17.7 Å². The number of nitrogens with zero attached hydrogens (tertiary/aromatic N) is 1. The highest BCUT2D eigenvalue weighted by molar-refractivity contribution is 5.28. The first-order chi connectivity index (χ1) is 9.14. The van der Waals surface area contributed by atoms with E-state index >= 15 is 0 Å². The summed E-state index contributed by atoms with van der Waals surface area (Å²) in [6, 6.07) is 6.23. The van der Waals surface area contributed by atoms with E-state index in [1.54, 1.807) is 6.07 Å². The van der Waals surface area contributed by atoms with Crippen molar-refractivity contribution in [3.8, 4) is 11.8 Å². The molecular formula is C11H7F6NO2. The summed E-state index contributed by atoms with van der Waals surface area (Å²) in [6.07, 6.45) is -14.4. The Morgan fingerprint density at radius 1 is 1.10 bits per heavy atom. The van der Waals surface area contributed by atoms with Crippen LogP contribution < -0.4 is 4.74 Å². The first kappa shape index (κ1) is 16.1. The third kappa shape index (κ3) is 4.97. The monoisotopic (exact) mass is 299 g/mol. The largest absolute Gasteiger partial charge is 0.525 e. The molecule has 1 rings (SSSR count). The molecule has 0 fully saturated rings. The summed E-state index contributed by atoms with van der Waals surface area (Å²) >= 11 is 0. The van der Waals surface area contributed by atoms with Crippen LogP contribution in [0.5, 0.6) is 5.75 Å². The van der Waals surface area contributed by atoms with Gasteiger partial charge in [-0.2, -0.15) is 14.0 Å². The minimum Gasteiger partial charge on any atom is -0.429 e. The highest BCUT2D eigenvalue weighted by Crippen LogP contribution is 2.31. The minimum absolute atomic E-state index is 0.0135. The van der Waals surface area contributed by atoms with Gasteiger partial charge in [-0.1, -0.05) is 12.1 Å². The lowest BCUT2D eigenvalue weighted by molar-refractivity contribution is -0.411. The van der Waals surface area contributed by atoms with E-state index in [-0.39, 0.29) is 6.42 Å². The Labute approximate surface area is 109 Å². The molecule has 0 radical (unpaired) electrons. The van der Waals surface area contributed by atoms with Gasteiger partial charge in [0.1, 0.15) is 5.75 Å². The molecule has 0 heterocycles. The summed E-state index contributed by atoms with van der Waals surface area (Å²) in [6.45, 7) is 0. The predicted octanol–water partition coefficient (Wildman–Crippen LogP) is 3.56. The lowest BCUT2D eigenvalue weighted by Gasteiger charge is -2.22. The lowest BCUT2D eigenvalue weighted by atomic mass is 10.2. The quantitative estimate of drug-likeness (QED) is 0.781. The molecule has 0 spiro atoms. The van der Waals surface area contributed by atoms with Crippen molar-refractivity contribution in [3.05, 3.63) is 29.8 Å². The SMILES string of the molecule is N#CCc1ccc(OC(F)(F)[C@@H](F)OC(F)(F)F)cc1. The van der Waals surface area contributed by atoms with Gasteiger partial charge >= 0.3 is 18.8 Å². The second kappa shape index (κ2) is 6.00. The minimum atomic E-state index is -5.55. The maximum Gasteiger partial charge on any atom is 0.525 e. The third-order valence-corrected chi connectivity index (χ3v) is 1.96. The van der Waals surface area contributed by atoms with Gasteiger partial charge in [0.05, 0.1) is 12.5 Å². The van der Waals surface area contributed by atoms with E-state index in [1.807, 2.05) is 0 Å². The zero-order valence-electron chi connectivity index (χ0n) is 9.63. The number of benzene rings is 1. The Bertz CT molecular complexity index is 479. The maximum absolute atomic E-state index is 13.0. The van der Waals surface area contributed by atoms with Gasteiger partial charge in [-0.25, -0.2) is 9.13 Å². The van der Waals surface area contributed by atoms with Crippen molar-refractivity contribution >= 4 is 0 Å². The van der Waals surface area contributed by atoms with Crippen LogP contribution in [0.4, 0.5) is 26.3 Å². The summed E-state index contributed by atoms with van der Waals surface area (Å²) in [5.41, 5.74) is 0.478. The summed E-state index contributed by atoms with van der Waals surface area (Å²) in [7, 11) is 0. The fourth-order valence-electron chi connectivity index (χ4n) is 1.16. The molecule has 0 aliphatic heterocycles. The molecule has 0 saturated heterocycles. The van der Waals surface area contributed by atoms with Gasteiger partial charge in [0, 0.05) is 0 Å². The van der Waals surface area contributed by atoms with Crippen LogP contribution in [0.25, 0.3) is 0 Å². The molecule has 20 heavy (non-hydrogen) atoms. The molecule has 0 aromatic heterocycles. The predicted molar refractivity (Wildman–Crippen MR) is 53.4 cm³/mol. The van der Waals surface area contributed by atoms with Crippen LogP contribution in [0.3, 0.4) is 0 Å². The van der Waals surface area contributed by atoms with Crippen LogP contribution in [-0.4, -0.2) is 18.8 Å². The van der Waals surface area contributed by atoms with Crippen molar-refractivity contribution in [2.75, 3.05) is 0 Å². The van der Waals surface area contributed by atoms with Crippen molar-refractivity contribution in [3.63, 3.8) is 0 Å². The number of alkyl halides is 6. The van der Waals surface area contributed by atoms with E-state index in [9.17, 15) is 26.3 Å². The molecule has 0 N–H and O–H groups in total. The second-order valence-corrected chi connectivity index (χ2v) is 3.52. The van der Waals surface area contributed by atoms with Gasteiger partial charge in [0.25, 0.3) is 0 Å². The maximum atomic E-state index is 13.0. The van der Waals surface area contributed by atoms with E-state index in [0.29, 0.717) is 5.56 Å². The number of nitriles is 1. The zero-order valence-corrected chi connectivity index (χ0v) is 9.63. The van der Waals surface area contributed by atoms with E-state index < -0.39 is 24.6 Å². The Hall–Kier alpha value is -1.95. The molecule has 1 aromatic carbocycles. The zero-order chi connectivity index (χ0) is 15.4. The summed E-state index contributed by atoms with van der Waals surface area (Å²) in [5, 5.41) is 8.38. The normalized spacial score (nSPS) is 13.7. The lowest BCUT2D eigenvalue weighted by Crippen LogP contribution is -2.41. The molecule has 0 bridgehead atoms. The van der Waals surface area contributed by atoms with E-state index in [2.05, 4.69) is 9.47 Å². The topological polar surface area (TPSA) is 42.2 Å². The molecule has 0 aliphatic rings. The van der Waals surface area contributed by atoms with Crippen LogP contribution in [0.2, 0.25) is 0 Å². The Morgan fingerprint density at radius 3 is 2.10 bits per heavy atom. The number of hydrogen-bond donors (Lipinski definition) is 0. The number of halogens is 6. The smallest absolute Gasteiger partial charge is 0.429 e. The number of rotatable bonds is 5. The molecule has 9 heteroatoms. The molecule has 1 atom stereocenters. The average molecular weight is 299 g/mol. The molecule has 3 nitrogen and oxygen atoms in total. The van der Waals surface area contributed by atoms with Gasteiger partial charge in [-0.3, -0.25) is 0 Å². The van der Waals surface area contributed by atoms with Gasteiger partial charge < -0.3 is 4.74 Å². The van der Waals surface area contributed by atoms with E-state index in [1.165, 1.54) is 12.1 Å². The fraction of sp³-hybridized carbons (Fsp3) is 0.364. The Balaban J connectivity index is 2.72. The van der Waals surface area contributed by atoms with Crippen molar-refractivity contribution in [2.24, 2.45) is 0 Å². The fourth-order valence-corrected chi connectivity index (χ4v) is 1.16. The van der Waals surface area contributed by atoms with Crippen LogP contribution in [-0.2, 0) is 11.2 Å². The standard InChI is InChI=1S/C11H7F6NO2/c12-9(20-11(15,16)17)10(13,14)19-8-3-1-7(2-4-8)5-6-18/h1-4,9H,5H2/t9-/m0/s1. The van der Waals surface area contributed by atoms with Crippen LogP contribution >= 0.6 is 0 Å². The average Bonchev–Trinajstić information content (AvgIpc) is 2.29. The summed E-state index contributed by atoms with van der Waals surface area (Å²) in [5.74, 6) is -0.565.